The Labute approximate surface area is 176 Å². The second kappa shape index (κ2) is 10.3. The van der Waals surface area contributed by atoms with E-state index in [-0.39, 0.29) is 0 Å². The Morgan fingerprint density at radius 3 is 2.31 bits per heavy atom. The molecule has 3 heteroatoms. The van der Waals surface area contributed by atoms with Crippen molar-refractivity contribution in [2.75, 3.05) is 0 Å². The molecule has 2 aromatic carbocycles. The Kier molecular flexibility index (Phi) is 8.04. The third kappa shape index (κ3) is 4.92. The van der Waals surface area contributed by atoms with Gasteiger partial charge in [-0.3, -0.25) is 0 Å². The van der Waals surface area contributed by atoms with E-state index in [9.17, 15) is 0 Å². The molecule has 0 heterocycles. The van der Waals surface area contributed by atoms with Gasteiger partial charge in [-0.1, -0.05) is 80.3 Å². The monoisotopic (exact) mass is 462 g/mol. The topological polar surface area (TPSA) is 0 Å². The van der Waals surface area contributed by atoms with Crippen LogP contribution >= 0.6 is 17.0 Å². The molecule has 4 rings (SSSR count). The maximum absolute atomic E-state index is 4.93. The zero-order valence-corrected chi connectivity index (χ0v) is 19.4. The summed E-state index contributed by atoms with van der Waals surface area (Å²) in [5.74, 6) is 0.797. The van der Waals surface area contributed by atoms with Crippen LogP contribution in [0.15, 0.2) is 48.0 Å². The van der Waals surface area contributed by atoms with Crippen LogP contribution in [0, 0.1) is 0 Å². The van der Waals surface area contributed by atoms with Gasteiger partial charge < -0.3 is 0 Å². The van der Waals surface area contributed by atoms with Crippen molar-refractivity contribution < 1.29 is 20.8 Å². The molecule has 0 aromatic heterocycles. The summed E-state index contributed by atoms with van der Waals surface area (Å²) in [5.41, 5.74) is 8.83. The summed E-state index contributed by atoms with van der Waals surface area (Å²) in [7, 11) is 9.87. The van der Waals surface area contributed by atoms with Crippen molar-refractivity contribution in [1.82, 2.24) is 0 Å². The van der Waals surface area contributed by atoms with E-state index in [0.29, 0.717) is 0 Å². The summed E-state index contributed by atoms with van der Waals surface area (Å²) in [6, 6.07) is 16.2. The number of hydrogen-bond acceptors (Lipinski definition) is 0. The molecule has 0 radical (unpaired) electrons. The summed E-state index contributed by atoms with van der Waals surface area (Å²) in [4.78, 5) is 0. The molecule has 0 saturated heterocycles. The van der Waals surface area contributed by atoms with Crippen LogP contribution in [0.5, 0.6) is 0 Å². The van der Waals surface area contributed by atoms with Crippen LogP contribution < -0.4 is 0 Å². The predicted molar refractivity (Wildman–Crippen MR) is 111 cm³/mol. The van der Waals surface area contributed by atoms with Gasteiger partial charge in [-0.05, 0) is 59.4 Å². The molecule has 2 aliphatic carbocycles. The first-order valence-corrected chi connectivity index (χ1v) is 16.0. The van der Waals surface area contributed by atoms with Crippen LogP contribution in [-0.4, -0.2) is 0 Å². The molecule has 0 unspecified atom stereocenters. The van der Waals surface area contributed by atoms with Crippen LogP contribution in [0.1, 0.15) is 68.1 Å². The van der Waals surface area contributed by atoms with E-state index in [1.54, 1.807) is 11.1 Å². The molecule has 0 bridgehead atoms. The van der Waals surface area contributed by atoms with Crippen molar-refractivity contribution >= 4 is 23.1 Å². The Morgan fingerprint density at radius 1 is 0.962 bits per heavy atom. The second-order valence-electron chi connectivity index (χ2n) is 7.24. The molecular weight excluding hydrogens is 438 g/mol. The van der Waals surface area contributed by atoms with E-state index in [0.717, 1.165) is 18.8 Å². The van der Waals surface area contributed by atoms with E-state index in [1.807, 2.05) is 0 Å². The number of halogens is 2. The van der Waals surface area contributed by atoms with Crippen molar-refractivity contribution in [1.29, 1.82) is 0 Å². The van der Waals surface area contributed by atoms with Gasteiger partial charge in [0.2, 0.25) is 0 Å². The van der Waals surface area contributed by atoms with Crippen molar-refractivity contribution in [3.05, 3.63) is 64.7 Å². The van der Waals surface area contributed by atoms with Crippen molar-refractivity contribution in [2.45, 2.75) is 57.8 Å². The maximum atomic E-state index is 4.93. The number of benzene rings is 2. The molecule has 0 spiro atoms. The van der Waals surface area contributed by atoms with E-state index < -0.39 is 20.8 Å². The van der Waals surface area contributed by atoms with Crippen molar-refractivity contribution in [3.63, 3.8) is 0 Å². The fourth-order valence-electron chi connectivity index (χ4n) is 4.29. The molecule has 0 atom stereocenters. The molecule has 0 amide bonds. The van der Waals surface area contributed by atoms with Gasteiger partial charge in [-0.2, -0.15) is 0 Å². The number of hydrogen-bond donors (Lipinski definition) is 0. The molecule has 1 fully saturated rings. The SMILES string of the molecule is CCC1=Cc2c(cccc2-c2ccc(C3CCCCC3)cc2)C1.[Cl][Zr][Cl]. The number of rotatable bonds is 3. The molecule has 2 aliphatic rings. The number of fused-ring (bicyclic) bond motifs is 1. The minimum atomic E-state index is -0.826. The Bertz CT molecular complexity index is 743. The van der Waals surface area contributed by atoms with Gasteiger partial charge in [-0.25, -0.2) is 0 Å². The van der Waals surface area contributed by atoms with Crippen molar-refractivity contribution in [2.24, 2.45) is 0 Å². The summed E-state index contributed by atoms with van der Waals surface area (Å²) in [6.45, 7) is 2.26. The van der Waals surface area contributed by atoms with Crippen molar-refractivity contribution in [3.8, 4) is 11.1 Å². The normalized spacial score (nSPS) is 16.3. The third-order valence-electron chi connectivity index (χ3n) is 5.71. The molecule has 2 aromatic rings. The summed E-state index contributed by atoms with van der Waals surface area (Å²) < 4.78 is 0. The first-order valence-electron chi connectivity index (χ1n) is 9.64. The molecule has 26 heavy (non-hydrogen) atoms. The van der Waals surface area contributed by atoms with Gasteiger partial charge in [0.15, 0.2) is 0 Å². The summed E-state index contributed by atoms with van der Waals surface area (Å²) in [5, 5.41) is 0. The summed E-state index contributed by atoms with van der Waals surface area (Å²) in [6.07, 6.45) is 11.7. The molecular formula is C23H26Cl2Zr. The van der Waals surface area contributed by atoms with Gasteiger partial charge in [0, 0.05) is 0 Å². The second-order valence-corrected chi connectivity index (χ2v) is 11.0. The quantitative estimate of drug-likeness (QED) is 0.430. The molecule has 0 nitrogen and oxygen atoms in total. The Morgan fingerprint density at radius 2 is 1.65 bits per heavy atom. The van der Waals surface area contributed by atoms with Crippen LogP contribution in [0.2, 0.25) is 0 Å². The van der Waals surface area contributed by atoms with Crippen LogP contribution in [0.25, 0.3) is 17.2 Å². The summed E-state index contributed by atoms with van der Waals surface area (Å²) >= 11 is -0.826. The van der Waals surface area contributed by atoms with E-state index >= 15 is 0 Å². The molecule has 136 valence electrons. The molecule has 1 saturated carbocycles. The van der Waals surface area contributed by atoms with Gasteiger partial charge >= 0.3 is 37.9 Å². The van der Waals surface area contributed by atoms with E-state index in [2.05, 4.69) is 55.5 Å². The van der Waals surface area contributed by atoms with Crippen LogP contribution in [0.4, 0.5) is 0 Å². The zero-order chi connectivity index (χ0) is 18.4. The fraction of sp³-hybridized carbons (Fsp3) is 0.391. The van der Waals surface area contributed by atoms with Gasteiger partial charge in [-0.15, -0.1) is 0 Å². The first kappa shape index (κ1) is 20.4. The minimum absolute atomic E-state index is 0.797. The fourth-order valence-corrected chi connectivity index (χ4v) is 4.29. The number of allylic oxidation sites excluding steroid dienone is 1. The zero-order valence-electron chi connectivity index (χ0n) is 15.4. The first-order chi connectivity index (χ1) is 12.8. The van der Waals surface area contributed by atoms with Gasteiger partial charge in [0.25, 0.3) is 0 Å². The van der Waals surface area contributed by atoms with Gasteiger partial charge in [0.05, 0.1) is 0 Å². The van der Waals surface area contributed by atoms with Gasteiger partial charge in [0.1, 0.15) is 0 Å². The Hall–Kier alpha value is -0.357. The average molecular weight is 465 g/mol. The molecule has 0 N–H and O–H groups in total. The van der Waals surface area contributed by atoms with E-state index in [4.69, 9.17) is 17.0 Å². The van der Waals surface area contributed by atoms with Crippen LogP contribution in [0.3, 0.4) is 0 Å². The third-order valence-corrected chi connectivity index (χ3v) is 5.71. The average Bonchev–Trinajstić information content (AvgIpc) is 3.13. The van der Waals surface area contributed by atoms with E-state index in [1.165, 1.54) is 54.4 Å². The standard InChI is InChI=1S/C23H26.2ClH.Zr/c1-2-17-15-21-9-6-10-22(23(21)16-17)20-13-11-19(12-14-20)18-7-4-3-5-8-18;;;/h6,9-14,16,18H,2-5,7-8,15H2,1H3;2*1H;/q;;;+2/p-2. The Balaban J connectivity index is 0.000000613. The van der Waals surface area contributed by atoms with Crippen LogP contribution in [-0.2, 0) is 27.3 Å². The predicted octanol–water partition coefficient (Wildman–Crippen LogP) is 8.13. The molecule has 0 aliphatic heterocycles.